The second-order valence-corrected chi connectivity index (χ2v) is 4.84. The van der Waals surface area contributed by atoms with Crippen molar-refractivity contribution >= 4 is 29.2 Å². The number of rotatable bonds is 7. The molecule has 1 rings (SSSR count). The average molecular weight is 286 g/mol. The van der Waals surface area contributed by atoms with Crippen molar-refractivity contribution in [1.29, 1.82) is 0 Å². The standard InChI is InChI=1S/C10H18N6O2S/c1-4-7(6-19-3)15(2)9-8(16(17)18)5-12-10(13-9)14-11/h5,7H,4,6,11H2,1-3H3,(H,12,13,14). The number of nitrogens with zero attached hydrogens (tertiary/aromatic N) is 4. The molecule has 1 atom stereocenters. The summed E-state index contributed by atoms with van der Waals surface area (Å²) in [6.45, 7) is 2.03. The van der Waals surface area contributed by atoms with Crippen molar-refractivity contribution in [3.63, 3.8) is 0 Å². The molecule has 1 aromatic rings. The maximum Gasteiger partial charge on any atom is 0.329 e. The lowest BCUT2D eigenvalue weighted by Crippen LogP contribution is -2.34. The van der Waals surface area contributed by atoms with Crippen LogP contribution in [0.1, 0.15) is 13.3 Å². The number of aromatic nitrogens is 2. The van der Waals surface area contributed by atoms with E-state index in [4.69, 9.17) is 5.84 Å². The van der Waals surface area contributed by atoms with Crippen molar-refractivity contribution in [3.8, 4) is 0 Å². The van der Waals surface area contributed by atoms with E-state index in [1.54, 1.807) is 23.7 Å². The minimum atomic E-state index is -0.488. The molecule has 0 saturated carbocycles. The molecule has 0 bridgehead atoms. The lowest BCUT2D eigenvalue weighted by atomic mass is 10.2. The summed E-state index contributed by atoms with van der Waals surface area (Å²) in [5.41, 5.74) is 2.18. The number of nitrogens with two attached hydrogens (primary N) is 1. The van der Waals surface area contributed by atoms with Crippen LogP contribution in [0.15, 0.2) is 6.20 Å². The third-order valence-electron chi connectivity index (χ3n) is 2.79. The zero-order valence-corrected chi connectivity index (χ0v) is 12.0. The van der Waals surface area contributed by atoms with Gasteiger partial charge < -0.3 is 4.90 Å². The highest BCUT2D eigenvalue weighted by atomic mass is 32.2. The summed E-state index contributed by atoms with van der Waals surface area (Å²) < 4.78 is 0. The van der Waals surface area contributed by atoms with E-state index in [0.29, 0.717) is 0 Å². The summed E-state index contributed by atoms with van der Waals surface area (Å²) in [7, 11) is 1.79. The summed E-state index contributed by atoms with van der Waals surface area (Å²) >= 11 is 1.69. The van der Waals surface area contributed by atoms with Crippen molar-refractivity contribution in [2.24, 2.45) is 5.84 Å². The molecule has 8 nitrogen and oxygen atoms in total. The predicted octanol–water partition coefficient (Wildman–Crippen LogP) is 1.25. The summed E-state index contributed by atoms with van der Waals surface area (Å²) in [5.74, 6) is 6.54. The van der Waals surface area contributed by atoms with Gasteiger partial charge in [-0.1, -0.05) is 6.92 Å². The summed E-state index contributed by atoms with van der Waals surface area (Å²) in [5, 5.41) is 11.0. The number of thioether (sulfide) groups is 1. The molecule has 1 aromatic heterocycles. The molecule has 0 aliphatic carbocycles. The number of nitrogen functional groups attached to an aromatic ring is 1. The minimum Gasteiger partial charge on any atom is -0.350 e. The molecule has 0 aromatic carbocycles. The second-order valence-electron chi connectivity index (χ2n) is 3.93. The topological polar surface area (TPSA) is 110 Å². The fourth-order valence-corrected chi connectivity index (χ4v) is 2.54. The first-order valence-corrected chi connectivity index (χ1v) is 7.14. The Bertz CT molecular complexity index is 444. The SMILES string of the molecule is CCC(CSC)N(C)c1nc(NN)ncc1[N+](=O)[O-]. The highest BCUT2D eigenvalue weighted by Gasteiger charge is 2.24. The van der Waals surface area contributed by atoms with Gasteiger partial charge in [-0.05, 0) is 12.7 Å². The number of hydrogen-bond donors (Lipinski definition) is 2. The van der Waals surface area contributed by atoms with Gasteiger partial charge in [0.15, 0.2) is 0 Å². The number of hydrazine groups is 1. The van der Waals surface area contributed by atoms with Crippen LogP contribution >= 0.6 is 11.8 Å². The zero-order valence-electron chi connectivity index (χ0n) is 11.2. The largest absolute Gasteiger partial charge is 0.350 e. The highest BCUT2D eigenvalue weighted by Crippen LogP contribution is 2.27. The van der Waals surface area contributed by atoms with Gasteiger partial charge in [-0.3, -0.25) is 15.5 Å². The van der Waals surface area contributed by atoms with E-state index in [-0.39, 0.29) is 23.5 Å². The maximum atomic E-state index is 11.0. The van der Waals surface area contributed by atoms with Crippen molar-refractivity contribution in [2.75, 3.05) is 29.4 Å². The van der Waals surface area contributed by atoms with Crippen LogP contribution in [-0.2, 0) is 0 Å². The molecule has 19 heavy (non-hydrogen) atoms. The molecule has 0 fully saturated rings. The average Bonchev–Trinajstić information content (AvgIpc) is 2.43. The summed E-state index contributed by atoms with van der Waals surface area (Å²) in [4.78, 5) is 20.2. The van der Waals surface area contributed by atoms with Gasteiger partial charge in [0, 0.05) is 18.8 Å². The van der Waals surface area contributed by atoms with Crippen LogP contribution in [0.2, 0.25) is 0 Å². The number of nitrogens with one attached hydrogen (secondary N) is 1. The molecular weight excluding hydrogens is 268 g/mol. The summed E-state index contributed by atoms with van der Waals surface area (Å²) in [6, 6.07) is 0.161. The number of hydrogen-bond acceptors (Lipinski definition) is 8. The van der Waals surface area contributed by atoms with E-state index in [1.165, 1.54) is 6.20 Å². The smallest absolute Gasteiger partial charge is 0.329 e. The third-order valence-corrected chi connectivity index (χ3v) is 3.51. The monoisotopic (exact) mass is 286 g/mol. The Morgan fingerprint density at radius 3 is 2.84 bits per heavy atom. The summed E-state index contributed by atoms with van der Waals surface area (Å²) in [6.07, 6.45) is 4.03. The fourth-order valence-electron chi connectivity index (χ4n) is 1.69. The number of nitro groups is 1. The molecule has 106 valence electrons. The zero-order chi connectivity index (χ0) is 14.4. The van der Waals surface area contributed by atoms with E-state index in [2.05, 4.69) is 15.4 Å². The molecule has 0 saturated heterocycles. The predicted molar refractivity (Wildman–Crippen MR) is 77.4 cm³/mol. The van der Waals surface area contributed by atoms with E-state index in [9.17, 15) is 10.1 Å². The Morgan fingerprint density at radius 1 is 1.68 bits per heavy atom. The molecule has 9 heteroatoms. The van der Waals surface area contributed by atoms with Gasteiger partial charge in [0.25, 0.3) is 0 Å². The van der Waals surface area contributed by atoms with E-state index < -0.39 is 4.92 Å². The van der Waals surface area contributed by atoms with Gasteiger partial charge in [0.2, 0.25) is 11.8 Å². The third kappa shape index (κ3) is 3.67. The van der Waals surface area contributed by atoms with E-state index in [1.807, 2.05) is 13.2 Å². The number of anilines is 2. The van der Waals surface area contributed by atoms with Crippen molar-refractivity contribution < 1.29 is 4.92 Å². The quantitative estimate of drug-likeness (QED) is 0.438. The van der Waals surface area contributed by atoms with Crippen LogP contribution in [0.3, 0.4) is 0 Å². The van der Waals surface area contributed by atoms with Crippen LogP contribution in [-0.4, -0.2) is 40.0 Å². The molecule has 0 radical (unpaired) electrons. The van der Waals surface area contributed by atoms with Gasteiger partial charge in [-0.2, -0.15) is 16.7 Å². The van der Waals surface area contributed by atoms with Crippen molar-refractivity contribution in [1.82, 2.24) is 9.97 Å². The van der Waals surface area contributed by atoms with Gasteiger partial charge >= 0.3 is 5.69 Å². The van der Waals surface area contributed by atoms with Gasteiger partial charge in [-0.25, -0.2) is 10.8 Å². The molecule has 0 spiro atoms. The Hall–Kier alpha value is -1.61. The van der Waals surface area contributed by atoms with Gasteiger partial charge in [0.1, 0.15) is 6.20 Å². The van der Waals surface area contributed by atoms with Gasteiger partial charge in [0.05, 0.1) is 4.92 Å². The van der Waals surface area contributed by atoms with Crippen LogP contribution in [0.5, 0.6) is 0 Å². The second kappa shape index (κ2) is 7.10. The van der Waals surface area contributed by atoms with Crippen molar-refractivity contribution in [3.05, 3.63) is 16.3 Å². The lowest BCUT2D eigenvalue weighted by Gasteiger charge is -2.27. The van der Waals surface area contributed by atoms with Gasteiger partial charge in [-0.15, -0.1) is 0 Å². The Labute approximate surface area is 115 Å². The molecule has 1 unspecified atom stereocenters. The molecular formula is C10H18N6O2S. The molecule has 3 N–H and O–H groups in total. The highest BCUT2D eigenvalue weighted by molar-refractivity contribution is 7.98. The van der Waals surface area contributed by atoms with Crippen molar-refractivity contribution in [2.45, 2.75) is 19.4 Å². The minimum absolute atomic E-state index is 0.124. The normalized spacial score (nSPS) is 12.0. The van der Waals surface area contributed by atoms with Crippen LogP contribution in [0.4, 0.5) is 17.5 Å². The molecule has 0 aliphatic rings. The Kier molecular flexibility index (Phi) is 5.77. The maximum absolute atomic E-state index is 11.0. The van der Waals surface area contributed by atoms with Crippen LogP contribution < -0.4 is 16.2 Å². The fraction of sp³-hybridized carbons (Fsp3) is 0.600. The van der Waals surface area contributed by atoms with Crippen LogP contribution in [0.25, 0.3) is 0 Å². The first kappa shape index (κ1) is 15.4. The van der Waals surface area contributed by atoms with E-state index >= 15 is 0 Å². The first-order chi connectivity index (χ1) is 9.04. The first-order valence-electron chi connectivity index (χ1n) is 5.74. The Balaban J connectivity index is 3.17. The Morgan fingerprint density at radius 2 is 2.37 bits per heavy atom. The molecule has 0 aliphatic heterocycles. The lowest BCUT2D eigenvalue weighted by molar-refractivity contribution is -0.384. The van der Waals surface area contributed by atoms with Crippen LogP contribution in [0, 0.1) is 10.1 Å². The van der Waals surface area contributed by atoms with E-state index in [0.717, 1.165) is 12.2 Å². The molecule has 1 heterocycles. The molecule has 0 amide bonds.